The van der Waals surface area contributed by atoms with Crippen molar-refractivity contribution in [2.45, 2.75) is 76.3 Å². The van der Waals surface area contributed by atoms with Crippen LogP contribution >= 0.6 is 0 Å². The van der Waals surface area contributed by atoms with Crippen LogP contribution < -0.4 is 19.7 Å². The van der Waals surface area contributed by atoms with Crippen LogP contribution in [0.5, 0.6) is 11.5 Å². The molecule has 63 heavy (non-hydrogen) atoms. The van der Waals surface area contributed by atoms with Crippen LogP contribution in [0.3, 0.4) is 0 Å². The van der Waals surface area contributed by atoms with Crippen LogP contribution in [0.1, 0.15) is 76.1 Å². The number of sulfonamides is 1. The van der Waals surface area contributed by atoms with Crippen molar-refractivity contribution in [2.75, 3.05) is 69.6 Å². The summed E-state index contributed by atoms with van der Waals surface area (Å²) in [7, 11) is -2.71. The summed E-state index contributed by atoms with van der Waals surface area (Å²) in [5, 5.41) is 15.7. The molecule has 0 bridgehead atoms. The molecule has 336 valence electrons. The van der Waals surface area contributed by atoms with Crippen molar-refractivity contribution in [2.24, 2.45) is 29.1 Å². The zero-order valence-corrected chi connectivity index (χ0v) is 37.5. The predicted octanol–water partition coefficient (Wildman–Crippen LogP) is 8.15. The van der Waals surface area contributed by atoms with E-state index in [4.69, 9.17) is 4.74 Å². The van der Waals surface area contributed by atoms with Gasteiger partial charge in [-0.05, 0) is 117 Å². The highest BCUT2D eigenvalue weighted by atomic mass is 32.2. The number of nitrogens with one attached hydrogen (secondary N) is 3. The van der Waals surface area contributed by atoms with Gasteiger partial charge >= 0.3 is 0 Å². The Bertz CT molecular complexity index is 2540. The Balaban J connectivity index is 0.918. The molecule has 2 aromatic carbocycles. The SMILES string of the molecule is C[C@H]1C[C@@H](C2=C(CN3CCN(c4ccc(C(=O)NS(=O)(=O)c5ccc(NCC6(F)CCN(C)CC6)c([N+](=O)[O-])c5)c(Oc5cnc6[nH]ccc6c5)c4)CC3)CCC(C)(C)C2)C2CC21. The normalized spacial score (nSPS) is 24.9. The number of H-pyrrole nitrogens is 1. The summed E-state index contributed by atoms with van der Waals surface area (Å²) in [5.74, 6) is 2.91. The second kappa shape index (κ2) is 16.8. The number of likely N-dealkylation sites (tertiary alicyclic amines) is 1. The number of piperazine rings is 1. The third-order valence-electron chi connectivity index (χ3n) is 14.6. The Hall–Kier alpha value is -5.06. The molecule has 4 atom stereocenters. The molecule has 4 heterocycles. The number of benzene rings is 2. The Morgan fingerprint density at radius 1 is 1.02 bits per heavy atom. The molecule has 4 fully saturated rings. The molecule has 1 amide bonds. The number of alkyl halides is 1. The molecule has 14 nitrogen and oxygen atoms in total. The maximum absolute atomic E-state index is 15.5. The number of amides is 1. The minimum Gasteiger partial charge on any atom is -0.455 e. The van der Waals surface area contributed by atoms with Crippen molar-refractivity contribution in [1.29, 1.82) is 0 Å². The molecule has 2 saturated carbocycles. The van der Waals surface area contributed by atoms with Gasteiger partial charge in [0, 0.05) is 81.8 Å². The number of halogens is 1. The van der Waals surface area contributed by atoms with Crippen molar-refractivity contribution in [3.05, 3.63) is 87.7 Å². The molecular weight excluding hydrogens is 824 g/mol. The number of pyridine rings is 1. The number of piperidine rings is 1. The van der Waals surface area contributed by atoms with E-state index in [0.717, 1.165) is 79.6 Å². The van der Waals surface area contributed by atoms with Crippen molar-refractivity contribution in [1.82, 2.24) is 24.5 Å². The molecule has 0 radical (unpaired) electrons. The molecule has 9 rings (SSSR count). The predicted molar refractivity (Wildman–Crippen MR) is 242 cm³/mol. The van der Waals surface area contributed by atoms with E-state index in [1.807, 2.05) is 18.0 Å². The van der Waals surface area contributed by atoms with E-state index in [0.29, 0.717) is 29.9 Å². The van der Waals surface area contributed by atoms with Crippen molar-refractivity contribution >= 4 is 44.0 Å². The molecule has 5 aliphatic rings. The number of nitro benzene ring substituents is 1. The number of fused-ring (bicyclic) bond motifs is 2. The lowest BCUT2D eigenvalue weighted by atomic mass is 9.69. The smallest absolute Gasteiger partial charge is 0.293 e. The summed E-state index contributed by atoms with van der Waals surface area (Å²) >= 11 is 0. The van der Waals surface area contributed by atoms with Crippen LogP contribution in [0, 0.1) is 39.2 Å². The minimum absolute atomic E-state index is 0.0174. The van der Waals surface area contributed by atoms with Crippen LogP contribution in [0.2, 0.25) is 0 Å². The van der Waals surface area contributed by atoms with Crippen LogP contribution in [-0.2, 0) is 10.0 Å². The second-order valence-corrected chi connectivity index (χ2v) is 21.3. The van der Waals surface area contributed by atoms with Gasteiger partial charge in [0.05, 0.1) is 21.6 Å². The topological polar surface area (TPSA) is 166 Å². The summed E-state index contributed by atoms with van der Waals surface area (Å²) in [6.45, 7) is 12.6. The van der Waals surface area contributed by atoms with Crippen LogP contribution in [0.25, 0.3) is 11.0 Å². The van der Waals surface area contributed by atoms with E-state index in [2.05, 4.69) is 50.6 Å². The number of anilines is 2. The van der Waals surface area contributed by atoms with E-state index in [9.17, 15) is 23.3 Å². The van der Waals surface area contributed by atoms with Crippen LogP contribution in [0.4, 0.5) is 21.5 Å². The summed E-state index contributed by atoms with van der Waals surface area (Å²) in [6, 6.07) is 12.0. The van der Waals surface area contributed by atoms with Gasteiger partial charge in [0.25, 0.3) is 21.6 Å². The monoisotopic (exact) mass is 882 g/mol. The van der Waals surface area contributed by atoms with Gasteiger partial charge in [-0.25, -0.2) is 22.5 Å². The first-order chi connectivity index (χ1) is 30.0. The number of ether oxygens (including phenoxy) is 1. The van der Waals surface area contributed by atoms with Gasteiger partial charge in [-0.3, -0.25) is 19.8 Å². The number of carbonyl (C=O) groups is 1. The highest BCUT2D eigenvalue weighted by molar-refractivity contribution is 7.90. The molecule has 2 unspecified atom stereocenters. The van der Waals surface area contributed by atoms with Crippen LogP contribution in [-0.4, -0.2) is 104 Å². The summed E-state index contributed by atoms with van der Waals surface area (Å²) in [5.41, 5.74) is 3.09. The number of rotatable bonds is 13. The number of nitro groups is 1. The van der Waals surface area contributed by atoms with Gasteiger partial charge in [0.1, 0.15) is 28.5 Å². The van der Waals surface area contributed by atoms with Gasteiger partial charge in [-0.2, -0.15) is 0 Å². The highest BCUT2D eigenvalue weighted by Crippen LogP contribution is 2.62. The molecular formula is C47H59FN8O6S. The zero-order chi connectivity index (χ0) is 44.3. The Morgan fingerprint density at radius 3 is 2.51 bits per heavy atom. The first kappa shape index (κ1) is 43.2. The van der Waals surface area contributed by atoms with Gasteiger partial charge < -0.3 is 24.8 Å². The largest absolute Gasteiger partial charge is 0.455 e. The van der Waals surface area contributed by atoms with E-state index >= 15 is 4.39 Å². The van der Waals surface area contributed by atoms with Crippen molar-refractivity contribution in [3.8, 4) is 11.5 Å². The molecule has 0 spiro atoms. The van der Waals surface area contributed by atoms with E-state index in [1.54, 1.807) is 41.6 Å². The van der Waals surface area contributed by atoms with E-state index in [-0.39, 0.29) is 36.4 Å². The van der Waals surface area contributed by atoms with E-state index in [1.165, 1.54) is 44.4 Å². The van der Waals surface area contributed by atoms with E-state index < -0.39 is 37.1 Å². The fraction of sp³-hybridized carbons (Fsp3) is 0.532. The van der Waals surface area contributed by atoms with Crippen molar-refractivity contribution in [3.63, 3.8) is 0 Å². The fourth-order valence-electron chi connectivity index (χ4n) is 10.6. The maximum Gasteiger partial charge on any atom is 0.293 e. The Labute approximate surface area is 368 Å². The Kier molecular flexibility index (Phi) is 11.5. The van der Waals surface area contributed by atoms with Crippen LogP contribution in [0.15, 0.2) is 77.0 Å². The third kappa shape index (κ3) is 9.30. The minimum atomic E-state index is -4.62. The zero-order valence-electron chi connectivity index (χ0n) is 36.7. The molecule has 3 N–H and O–H groups in total. The molecule has 16 heteroatoms. The number of aromatic nitrogens is 2. The lowest BCUT2D eigenvalue weighted by Gasteiger charge is -2.40. The molecule has 4 aromatic rings. The molecule has 3 aliphatic carbocycles. The number of allylic oxidation sites excluding steroid dienone is 1. The highest BCUT2D eigenvalue weighted by Gasteiger charge is 2.54. The number of carbonyl (C=O) groups excluding carboxylic acids is 1. The van der Waals surface area contributed by atoms with Gasteiger partial charge in [-0.15, -0.1) is 0 Å². The maximum atomic E-state index is 15.5. The second-order valence-electron chi connectivity index (χ2n) is 19.7. The fourth-order valence-corrected chi connectivity index (χ4v) is 11.6. The average Bonchev–Trinajstić information content (AvgIpc) is 3.80. The third-order valence-corrected chi connectivity index (χ3v) is 15.9. The number of hydrogen-bond donors (Lipinski definition) is 3. The first-order valence-corrected chi connectivity index (χ1v) is 23.9. The lowest BCUT2D eigenvalue weighted by Crippen LogP contribution is -2.47. The molecule has 2 aromatic heterocycles. The summed E-state index contributed by atoms with van der Waals surface area (Å²) in [6.07, 6.45) is 10.2. The van der Waals surface area contributed by atoms with Gasteiger partial charge in [-0.1, -0.05) is 31.9 Å². The standard InChI is InChI=1S/C47H59FN8O6S/c1-30-21-38(39-25-37(30)39)40-26-46(2,3)11-9-32(40)28-54-17-19-55(20-18-54)33-5-7-36(43(23-33)62-34-22-31-10-14-49-44(31)50-27-34)45(57)52-63(60,61)35-6-8-41(42(24-35)56(58)59)51-29-47(48)12-15-53(4)16-13-47/h5-8,10,14,22-24,27,30,37-39,51H,9,11-13,15-21,25-26,28-29H2,1-4H3,(H,49,50)(H,52,57)/t30-,37?,38+,39?/m0/s1. The van der Waals surface area contributed by atoms with Gasteiger partial charge in [0.2, 0.25) is 0 Å². The first-order valence-electron chi connectivity index (χ1n) is 22.4. The summed E-state index contributed by atoms with van der Waals surface area (Å²) < 4.78 is 51.3. The van der Waals surface area contributed by atoms with Gasteiger partial charge in [0.15, 0.2) is 0 Å². The number of hydrogen-bond acceptors (Lipinski definition) is 11. The summed E-state index contributed by atoms with van der Waals surface area (Å²) in [4.78, 5) is 39.2. The molecule has 2 saturated heterocycles. The average molecular weight is 883 g/mol. The van der Waals surface area contributed by atoms with Crippen molar-refractivity contribution < 1.29 is 27.3 Å². The lowest BCUT2D eigenvalue weighted by molar-refractivity contribution is -0.384. The number of nitrogens with zero attached hydrogens (tertiary/aromatic N) is 5. The number of aromatic amines is 1. The molecule has 2 aliphatic heterocycles. The Morgan fingerprint density at radius 2 is 1.79 bits per heavy atom. The quantitative estimate of drug-likeness (QED) is 0.0674.